The van der Waals surface area contributed by atoms with Gasteiger partial charge in [0.2, 0.25) is 0 Å². The standard InChI is InChI=1S/C18H20F4N6O/c19-15-2-1-13(18(20,21)22)5-12(15)6-23-14-8-28(9-14)17(29)27-4-3-11(7-27)16-24-10-25-26-16/h1-2,5,10-11,14,23H,3-4,6-9H2,(H,24,25,26)/t11-/m0/s1. The fraction of sp³-hybridized carbons (Fsp3) is 0.500. The highest BCUT2D eigenvalue weighted by molar-refractivity contribution is 5.76. The van der Waals surface area contributed by atoms with Gasteiger partial charge in [0.05, 0.1) is 5.56 Å². The second-order valence-electron chi connectivity index (χ2n) is 7.37. The van der Waals surface area contributed by atoms with Crippen molar-refractivity contribution in [3.63, 3.8) is 0 Å². The van der Waals surface area contributed by atoms with Crippen LogP contribution in [0.1, 0.15) is 29.3 Å². The van der Waals surface area contributed by atoms with Crippen molar-refractivity contribution in [1.82, 2.24) is 30.3 Å². The van der Waals surface area contributed by atoms with Gasteiger partial charge in [0.25, 0.3) is 0 Å². The number of nitrogens with one attached hydrogen (secondary N) is 2. The number of hydrogen-bond donors (Lipinski definition) is 2. The zero-order chi connectivity index (χ0) is 20.6. The van der Waals surface area contributed by atoms with Gasteiger partial charge in [-0.05, 0) is 24.6 Å². The van der Waals surface area contributed by atoms with E-state index < -0.39 is 17.6 Å². The number of aromatic amines is 1. The van der Waals surface area contributed by atoms with E-state index in [1.165, 1.54) is 6.33 Å². The van der Waals surface area contributed by atoms with E-state index in [0.29, 0.717) is 26.2 Å². The smallest absolute Gasteiger partial charge is 0.324 e. The Hall–Kier alpha value is -2.69. The first-order chi connectivity index (χ1) is 13.8. The molecule has 11 heteroatoms. The maximum absolute atomic E-state index is 13.8. The molecule has 2 fully saturated rings. The number of likely N-dealkylation sites (tertiary alicyclic amines) is 2. The minimum Gasteiger partial charge on any atom is -0.324 e. The first-order valence-electron chi connectivity index (χ1n) is 9.29. The van der Waals surface area contributed by atoms with Gasteiger partial charge in [-0.1, -0.05) is 0 Å². The number of carbonyl (C=O) groups is 1. The highest BCUT2D eigenvalue weighted by Crippen LogP contribution is 2.30. The number of amides is 2. The van der Waals surface area contributed by atoms with E-state index in [1.54, 1.807) is 9.80 Å². The molecule has 2 aliphatic rings. The van der Waals surface area contributed by atoms with Crippen molar-refractivity contribution in [2.24, 2.45) is 0 Å². The molecule has 0 radical (unpaired) electrons. The summed E-state index contributed by atoms with van der Waals surface area (Å²) >= 11 is 0. The Morgan fingerprint density at radius 1 is 1.24 bits per heavy atom. The van der Waals surface area contributed by atoms with Crippen LogP contribution in [-0.2, 0) is 12.7 Å². The van der Waals surface area contributed by atoms with Crippen LogP contribution >= 0.6 is 0 Å². The van der Waals surface area contributed by atoms with Crippen molar-refractivity contribution in [2.75, 3.05) is 26.2 Å². The molecule has 0 spiro atoms. The Kier molecular flexibility index (Phi) is 5.15. The Morgan fingerprint density at radius 3 is 2.72 bits per heavy atom. The molecule has 0 saturated carbocycles. The topological polar surface area (TPSA) is 77.2 Å². The molecule has 2 saturated heterocycles. The lowest BCUT2D eigenvalue weighted by atomic mass is 10.1. The zero-order valence-corrected chi connectivity index (χ0v) is 15.4. The molecule has 2 aliphatic heterocycles. The molecule has 1 aromatic heterocycles. The average Bonchev–Trinajstić information content (AvgIpc) is 3.32. The number of alkyl halides is 3. The third-order valence-electron chi connectivity index (χ3n) is 5.39. The molecule has 2 amide bonds. The van der Waals surface area contributed by atoms with Crippen LogP contribution in [0, 0.1) is 5.82 Å². The molecular weight excluding hydrogens is 392 g/mol. The fourth-order valence-corrected chi connectivity index (χ4v) is 3.67. The predicted molar refractivity (Wildman–Crippen MR) is 94.3 cm³/mol. The van der Waals surface area contributed by atoms with Gasteiger partial charge in [-0.2, -0.15) is 18.3 Å². The average molecular weight is 412 g/mol. The van der Waals surface area contributed by atoms with Crippen molar-refractivity contribution < 1.29 is 22.4 Å². The second-order valence-corrected chi connectivity index (χ2v) is 7.37. The summed E-state index contributed by atoms with van der Waals surface area (Å²) in [7, 11) is 0. The monoisotopic (exact) mass is 412 g/mol. The second kappa shape index (κ2) is 7.62. The maximum atomic E-state index is 13.8. The summed E-state index contributed by atoms with van der Waals surface area (Å²) in [6, 6.07) is 2.22. The van der Waals surface area contributed by atoms with Gasteiger partial charge >= 0.3 is 12.2 Å². The van der Waals surface area contributed by atoms with E-state index in [9.17, 15) is 22.4 Å². The van der Waals surface area contributed by atoms with Gasteiger partial charge < -0.3 is 15.1 Å². The van der Waals surface area contributed by atoms with Crippen LogP contribution in [0.2, 0.25) is 0 Å². The molecule has 2 N–H and O–H groups in total. The van der Waals surface area contributed by atoms with E-state index in [1.807, 2.05) is 0 Å². The molecule has 0 unspecified atom stereocenters. The molecule has 1 atom stereocenters. The van der Waals surface area contributed by atoms with Crippen LogP contribution in [0.4, 0.5) is 22.4 Å². The number of aromatic nitrogens is 3. The van der Waals surface area contributed by atoms with Crippen molar-refractivity contribution in [3.8, 4) is 0 Å². The Labute approximate surface area is 164 Å². The number of rotatable bonds is 4. The summed E-state index contributed by atoms with van der Waals surface area (Å²) in [5, 5.41) is 9.68. The normalized spacial score (nSPS) is 20.2. The van der Waals surface area contributed by atoms with Crippen molar-refractivity contribution in [1.29, 1.82) is 0 Å². The van der Waals surface area contributed by atoms with Gasteiger partial charge in [-0.25, -0.2) is 14.2 Å². The number of halogens is 4. The minimum absolute atomic E-state index is 0.0280. The molecule has 29 heavy (non-hydrogen) atoms. The number of H-pyrrole nitrogens is 1. The third kappa shape index (κ3) is 4.19. The number of hydrogen-bond acceptors (Lipinski definition) is 4. The van der Waals surface area contributed by atoms with E-state index in [2.05, 4.69) is 20.5 Å². The van der Waals surface area contributed by atoms with E-state index in [4.69, 9.17) is 0 Å². The molecule has 1 aromatic carbocycles. The van der Waals surface area contributed by atoms with Crippen LogP contribution in [0.3, 0.4) is 0 Å². The van der Waals surface area contributed by atoms with E-state index >= 15 is 0 Å². The quantitative estimate of drug-likeness (QED) is 0.756. The highest BCUT2D eigenvalue weighted by Gasteiger charge is 2.37. The van der Waals surface area contributed by atoms with Crippen molar-refractivity contribution >= 4 is 6.03 Å². The van der Waals surface area contributed by atoms with Gasteiger partial charge in [-0.15, -0.1) is 0 Å². The van der Waals surface area contributed by atoms with E-state index in [-0.39, 0.29) is 30.1 Å². The molecule has 156 valence electrons. The molecule has 0 bridgehead atoms. The Bertz CT molecular complexity index is 866. The van der Waals surface area contributed by atoms with Gasteiger partial charge in [0, 0.05) is 50.2 Å². The molecule has 2 aromatic rings. The van der Waals surface area contributed by atoms with Gasteiger partial charge in [-0.3, -0.25) is 5.10 Å². The summed E-state index contributed by atoms with van der Waals surface area (Å²) in [5.41, 5.74) is -0.921. The first kappa shape index (κ1) is 19.6. The summed E-state index contributed by atoms with van der Waals surface area (Å²) in [4.78, 5) is 20.1. The van der Waals surface area contributed by atoms with Gasteiger partial charge in [0.1, 0.15) is 18.0 Å². The number of urea groups is 1. The Balaban J connectivity index is 1.25. The summed E-state index contributed by atoms with van der Waals surface area (Å²) in [5.74, 6) is 0.223. The lowest BCUT2D eigenvalue weighted by molar-refractivity contribution is -0.137. The third-order valence-corrected chi connectivity index (χ3v) is 5.39. The van der Waals surface area contributed by atoms with Crippen LogP contribution in [0.5, 0.6) is 0 Å². The fourth-order valence-electron chi connectivity index (χ4n) is 3.67. The minimum atomic E-state index is -4.51. The first-order valence-corrected chi connectivity index (χ1v) is 9.29. The number of nitrogens with zero attached hydrogens (tertiary/aromatic N) is 4. The highest BCUT2D eigenvalue weighted by atomic mass is 19.4. The largest absolute Gasteiger partial charge is 0.416 e. The molecule has 7 nitrogen and oxygen atoms in total. The maximum Gasteiger partial charge on any atom is 0.416 e. The van der Waals surface area contributed by atoms with Crippen LogP contribution in [-0.4, -0.2) is 63.2 Å². The lowest BCUT2D eigenvalue weighted by Gasteiger charge is -2.41. The van der Waals surface area contributed by atoms with Crippen LogP contribution in [0.15, 0.2) is 24.5 Å². The van der Waals surface area contributed by atoms with Crippen LogP contribution < -0.4 is 5.32 Å². The van der Waals surface area contributed by atoms with Crippen molar-refractivity contribution in [3.05, 3.63) is 47.3 Å². The summed E-state index contributed by atoms with van der Waals surface area (Å²) in [6.45, 7) is 2.04. The number of carbonyl (C=O) groups excluding carboxylic acids is 1. The molecule has 0 aliphatic carbocycles. The van der Waals surface area contributed by atoms with E-state index in [0.717, 1.165) is 30.4 Å². The molecule has 3 heterocycles. The molecule has 4 rings (SSSR count). The van der Waals surface area contributed by atoms with Crippen LogP contribution in [0.25, 0.3) is 0 Å². The summed E-state index contributed by atoms with van der Waals surface area (Å²) < 4.78 is 52.1. The van der Waals surface area contributed by atoms with Gasteiger partial charge in [0.15, 0.2) is 0 Å². The Morgan fingerprint density at radius 2 is 2.03 bits per heavy atom. The number of benzene rings is 1. The molecular formula is C18H20F4N6O. The van der Waals surface area contributed by atoms with Crippen molar-refractivity contribution in [2.45, 2.75) is 31.1 Å². The zero-order valence-electron chi connectivity index (χ0n) is 15.4. The summed E-state index contributed by atoms with van der Waals surface area (Å²) in [6.07, 6.45) is -2.26. The lowest BCUT2D eigenvalue weighted by Crippen LogP contribution is -2.62. The predicted octanol–water partition coefficient (Wildman–Crippen LogP) is 2.35. The SMILES string of the molecule is O=C(N1CC(NCc2cc(C(F)(F)F)ccc2F)C1)N1CC[C@H](c2ncn[nH]2)C1.